The summed E-state index contributed by atoms with van der Waals surface area (Å²) in [7, 11) is 1.58. The van der Waals surface area contributed by atoms with Gasteiger partial charge in [-0.2, -0.15) is 0 Å². The average molecular weight is 335 g/mol. The van der Waals surface area contributed by atoms with Crippen LogP contribution in [-0.4, -0.2) is 44.7 Å². The minimum atomic E-state index is -0.243. The summed E-state index contributed by atoms with van der Waals surface area (Å²) >= 11 is 0. The van der Waals surface area contributed by atoms with Crippen LogP contribution in [0.1, 0.15) is 26.7 Å². The van der Waals surface area contributed by atoms with E-state index in [2.05, 4.69) is 5.32 Å². The molecule has 1 aromatic carbocycles. The number of hydrogen-bond donors (Lipinski definition) is 2. The van der Waals surface area contributed by atoms with E-state index in [9.17, 15) is 9.59 Å². The van der Waals surface area contributed by atoms with Gasteiger partial charge < -0.3 is 19.7 Å². The van der Waals surface area contributed by atoms with Crippen LogP contribution in [0.2, 0.25) is 0 Å². The van der Waals surface area contributed by atoms with Gasteiger partial charge in [0.05, 0.1) is 32.5 Å². The lowest BCUT2D eigenvalue weighted by atomic mass is 9.97. The van der Waals surface area contributed by atoms with E-state index in [4.69, 9.17) is 9.47 Å². The van der Waals surface area contributed by atoms with Crippen LogP contribution < -0.4 is 15.0 Å². The number of likely N-dealkylation sites (tertiary alicyclic amines) is 1. The summed E-state index contributed by atoms with van der Waals surface area (Å²) in [6.07, 6.45) is 1.76. The van der Waals surface area contributed by atoms with Crippen molar-refractivity contribution in [3.05, 3.63) is 24.3 Å². The molecule has 1 amide bonds. The van der Waals surface area contributed by atoms with Gasteiger partial charge in [0.1, 0.15) is 11.7 Å². The standard InChI is InChI=1S/C18H26N2O4/c1-4-24-18(22)14-8-7-11-20(12-14)13(2)17(21)19-15-9-5-6-10-16(15)23-3/h5-6,9-10,13-14H,4,7-8,11-12H2,1-3H3,(H,19,21)/p+1/t13-,14-/m0/s1. The molecule has 6 nitrogen and oxygen atoms in total. The topological polar surface area (TPSA) is 69.1 Å². The van der Waals surface area contributed by atoms with Crippen LogP contribution in [0.4, 0.5) is 5.69 Å². The summed E-state index contributed by atoms with van der Waals surface area (Å²) in [5.74, 6) is 0.303. The van der Waals surface area contributed by atoms with Crippen molar-refractivity contribution >= 4 is 17.6 Å². The number of ether oxygens (including phenoxy) is 2. The Morgan fingerprint density at radius 3 is 2.83 bits per heavy atom. The third-order valence-electron chi connectivity index (χ3n) is 4.55. The zero-order valence-electron chi connectivity index (χ0n) is 14.6. The summed E-state index contributed by atoms with van der Waals surface area (Å²) in [6, 6.07) is 7.10. The van der Waals surface area contributed by atoms with Crippen LogP contribution in [0.15, 0.2) is 24.3 Å². The van der Waals surface area contributed by atoms with Crippen molar-refractivity contribution in [2.75, 3.05) is 32.1 Å². The molecule has 0 aromatic heterocycles. The van der Waals surface area contributed by atoms with Crippen molar-refractivity contribution in [1.82, 2.24) is 0 Å². The Morgan fingerprint density at radius 2 is 2.12 bits per heavy atom. The van der Waals surface area contributed by atoms with Crippen LogP contribution in [-0.2, 0) is 14.3 Å². The average Bonchev–Trinajstić information content (AvgIpc) is 2.61. The molecule has 3 atom stereocenters. The van der Waals surface area contributed by atoms with Gasteiger partial charge in [0.25, 0.3) is 5.91 Å². The van der Waals surface area contributed by atoms with Crippen molar-refractivity contribution in [3.63, 3.8) is 0 Å². The number of benzene rings is 1. The van der Waals surface area contributed by atoms with Gasteiger partial charge in [0.15, 0.2) is 6.04 Å². The van der Waals surface area contributed by atoms with Crippen molar-refractivity contribution < 1.29 is 24.0 Å². The molecule has 1 aliphatic heterocycles. The van der Waals surface area contributed by atoms with Crippen molar-refractivity contribution in [2.24, 2.45) is 5.92 Å². The Bertz CT molecular complexity index is 576. The Balaban J connectivity index is 1.98. The summed E-state index contributed by atoms with van der Waals surface area (Å²) in [5.41, 5.74) is 0.662. The fourth-order valence-corrected chi connectivity index (χ4v) is 3.13. The molecule has 1 unspecified atom stereocenters. The first-order valence-electron chi connectivity index (χ1n) is 8.51. The fraction of sp³-hybridized carbons (Fsp3) is 0.556. The summed E-state index contributed by atoms with van der Waals surface area (Å²) in [4.78, 5) is 25.7. The smallest absolute Gasteiger partial charge is 0.314 e. The lowest BCUT2D eigenvalue weighted by Crippen LogP contribution is -3.18. The predicted molar refractivity (Wildman–Crippen MR) is 91.1 cm³/mol. The van der Waals surface area contributed by atoms with Gasteiger partial charge >= 0.3 is 5.97 Å². The van der Waals surface area contributed by atoms with E-state index in [0.29, 0.717) is 24.6 Å². The van der Waals surface area contributed by atoms with E-state index < -0.39 is 0 Å². The molecule has 1 aromatic rings. The summed E-state index contributed by atoms with van der Waals surface area (Å²) in [6.45, 7) is 5.63. The number of para-hydroxylation sites is 2. The summed E-state index contributed by atoms with van der Waals surface area (Å²) < 4.78 is 10.4. The molecule has 1 heterocycles. The van der Waals surface area contributed by atoms with Crippen LogP contribution in [0.5, 0.6) is 5.75 Å². The molecule has 2 N–H and O–H groups in total. The maximum Gasteiger partial charge on any atom is 0.314 e. The number of nitrogens with one attached hydrogen (secondary N) is 2. The highest BCUT2D eigenvalue weighted by atomic mass is 16.5. The number of hydrogen-bond acceptors (Lipinski definition) is 4. The van der Waals surface area contributed by atoms with Gasteiger partial charge in [-0.3, -0.25) is 9.59 Å². The zero-order chi connectivity index (χ0) is 17.5. The molecule has 2 rings (SSSR count). The molecule has 1 fully saturated rings. The van der Waals surface area contributed by atoms with Gasteiger partial charge in [-0.05, 0) is 38.8 Å². The predicted octanol–water partition coefficient (Wildman–Crippen LogP) is 0.880. The van der Waals surface area contributed by atoms with E-state index in [1.54, 1.807) is 7.11 Å². The SMILES string of the molecule is CCOC(=O)[C@H]1CCC[NH+]([C@@H](C)C(=O)Nc2ccccc2OC)C1. The van der Waals surface area contributed by atoms with Gasteiger partial charge in [0.2, 0.25) is 0 Å². The number of rotatable bonds is 6. The van der Waals surface area contributed by atoms with Gasteiger partial charge in [0, 0.05) is 0 Å². The molecule has 1 aliphatic rings. The van der Waals surface area contributed by atoms with Crippen molar-refractivity contribution in [3.8, 4) is 5.75 Å². The molecule has 132 valence electrons. The Kier molecular flexibility index (Phi) is 6.61. The van der Waals surface area contributed by atoms with E-state index in [0.717, 1.165) is 24.3 Å². The zero-order valence-corrected chi connectivity index (χ0v) is 14.6. The second kappa shape index (κ2) is 8.68. The minimum Gasteiger partial charge on any atom is -0.495 e. The minimum absolute atomic E-state index is 0.0704. The maximum absolute atomic E-state index is 12.6. The fourth-order valence-electron chi connectivity index (χ4n) is 3.13. The van der Waals surface area contributed by atoms with Crippen molar-refractivity contribution in [2.45, 2.75) is 32.7 Å². The highest BCUT2D eigenvalue weighted by Gasteiger charge is 2.35. The Hall–Kier alpha value is -2.08. The second-order valence-electron chi connectivity index (χ2n) is 6.11. The van der Waals surface area contributed by atoms with E-state index >= 15 is 0 Å². The first kappa shape index (κ1) is 18.3. The van der Waals surface area contributed by atoms with Gasteiger partial charge in [-0.1, -0.05) is 12.1 Å². The van der Waals surface area contributed by atoms with Gasteiger partial charge in [-0.15, -0.1) is 0 Å². The number of methoxy groups -OCH3 is 1. The quantitative estimate of drug-likeness (QED) is 0.757. The summed E-state index contributed by atoms with van der Waals surface area (Å²) in [5, 5.41) is 2.93. The number of anilines is 1. The number of carbonyl (C=O) groups is 2. The second-order valence-corrected chi connectivity index (χ2v) is 6.11. The Morgan fingerprint density at radius 1 is 1.38 bits per heavy atom. The molecule has 0 saturated carbocycles. The lowest BCUT2D eigenvalue weighted by molar-refractivity contribution is -0.921. The maximum atomic E-state index is 12.6. The molecule has 24 heavy (non-hydrogen) atoms. The highest BCUT2D eigenvalue weighted by molar-refractivity contribution is 5.95. The largest absolute Gasteiger partial charge is 0.495 e. The van der Waals surface area contributed by atoms with Crippen LogP contribution in [0.3, 0.4) is 0 Å². The van der Waals surface area contributed by atoms with Gasteiger partial charge in [-0.25, -0.2) is 0 Å². The molecular formula is C18H27N2O4+. The third kappa shape index (κ3) is 4.47. The monoisotopic (exact) mass is 335 g/mol. The molecule has 6 heteroatoms. The van der Waals surface area contributed by atoms with Crippen molar-refractivity contribution in [1.29, 1.82) is 0 Å². The normalized spacial score (nSPS) is 21.6. The third-order valence-corrected chi connectivity index (χ3v) is 4.55. The molecule has 0 radical (unpaired) electrons. The number of amides is 1. The molecule has 0 spiro atoms. The molecule has 0 bridgehead atoms. The first-order chi connectivity index (χ1) is 11.6. The Labute approximate surface area is 143 Å². The van der Waals surface area contributed by atoms with Crippen LogP contribution >= 0.6 is 0 Å². The highest BCUT2D eigenvalue weighted by Crippen LogP contribution is 2.23. The number of quaternary nitrogens is 1. The van der Waals surface area contributed by atoms with E-state index in [1.807, 2.05) is 38.1 Å². The van der Waals surface area contributed by atoms with Crippen LogP contribution in [0.25, 0.3) is 0 Å². The number of carbonyl (C=O) groups excluding carboxylic acids is 2. The molecule has 0 aliphatic carbocycles. The number of piperidine rings is 1. The lowest BCUT2D eigenvalue weighted by Gasteiger charge is -2.32. The van der Waals surface area contributed by atoms with Crippen LogP contribution in [0, 0.1) is 5.92 Å². The number of esters is 1. The molecule has 1 saturated heterocycles. The molecular weight excluding hydrogens is 308 g/mol. The first-order valence-corrected chi connectivity index (χ1v) is 8.51. The van der Waals surface area contributed by atoms with E-state index in [1.165, 1.54) is 0 Å². The van der Waals surface area contributed by atoms with E-state index in [-0.39, 0.29) is 23.8 Å².